The summed E-state index contributed by atoms with van der Waals surface area (Å²) in [6.45, 7) is 6.24. The first-order chi connectivity index (χ1) is 20.7. The zero-order valence-electron chi connectivity index (χ0n) is 25.2. The summed E-state index contributed by atoms with van der Waals surface area (Å²) in [7, 11) is -2.44. The van der Waals surface area contributed by atoms with Crippen molar-refractivity contribution in [3.05, 3.63) is 60.2 Å². The van der Waals surface area contributed by atoms with Crippen molar-refractivity contribution in [2.24, 2.45) is 11.8 Å². The van der Waals surface area contributed by atoms with E-state index in [1.54, 1.807) is 12.1 Å². The highest BCUT2D eigenvalue weighted by atomic mass is 32.2. The average molecular weight is 617 g/mol. The molecular weight excluding hydrogens is 572 g/mol. The number of nitrogens with zero attached hydrogens (tertiary/aromatic N) is 2. The molecule has 0 bridgehead atoms. The van der Waals surface area contributed by atoms with E-state index in [1.165, 1.54) is 23.5 Å². The molecule has 0 saturated carbocycles. The molecule has 2 aromatic carbocycles. The number of rotatable bonds is 13. The van der Waals surface area contributed by atoms with Crippen LogP contribution in [0.5, 0.6) is 5.75 Å². The van der Waals surface area contributed by atoms with Crippen molar-refractivity contribution in [3.63, 3.8) is 0 Å². The minimum absolute atomic E-state index is 0.0119. The van der Waals surface area contributed by atoms with E-state index in [1.807, 2.05) is 30.3 Å². The zero-order chi connectivity index (χ0) is 30.6. The predicted molar refractivity (Wildman–Crippen MR) is 160 cm³/mol. The lowest BCUT2D eigenvalue weighted by atomic mass is 9.90. The van der Waals surface area contributed by atoms with Gasteiger partial charge < -0.3 is 24.1 Å². The average Bonchev–Trinajstić information content (AvgIpc) is 3.75. The SMILES string of the molecule is COc1ccc(S(=O)(=O)N(C[C@@H](O)[C@@H](CC(=O)OC2CO[C@H]3OCCC23)Cc2ccccc2)C2CCN(C(C)C)C2)cc1. The zero-order valence-corrected chi connectivity index (χ0v) is 26.0. The van der Waals surface area contributed by atoms with Crippen LogP contribution >= 0.6 is 0 Å². The van der Waals surface area contributed by atoms with E-state index in [9.17, 15) is 18.3 Å². The highest BCUT2D eigenvalue weighted by Gasteiger charge is 2.44. The number of aliphatic hydroxyl groups is 1. The molecule has 6 atom stereocenters. The van der Waals surface area contributed by atoms with E-state index in [-0.39, 0.29) is 54.9 Å². The topological polar surface area (TPSA) is 115 Å². The number of carbonyl (C=O) groups is 1. The highest BCUT2D eigenvalue weighted by molar-refractivity contribution is 7.89. The maximum absolute atomic E-state index is 14.1. The van der Waals surface area contributed by atoms with Crippen molar-refractivity contribution in [2.75, 3.05) is 40.0 Å². The number of fused-ring (bicyclic) bond motifs is 1. The second-order valence-electron chi connectivity index (χ2n) is 12.1. The van der Waals surface area contributed by atoms with Crippen LogP contribution in [-0.4, -0.2) is 99.2 Å². The van der Waals surface area contributed by atoms with Crippen LogP contribution in [0.25, 0.3) is 0 Å². The van der Waals surface area contributed by atoms with Gasteiger partial charge in [0.25, 0.3) is 0 Å². The Balaban J connectivity index is 1.37. The standard InChI is InChI=1S/C32H44N2O8S/c1-22(2)33-15-13-25(19-33)34(43(37,38)27-11-9-26(39-3)10-12-27)20-29(35)24(17-23-7-5-4-6-8-23)18-31(36)42-30-21-41-32-28(30)14-16-40-32/h4-12,22,24-25,28-30,32,35H,13-21H2,1-3H3/t24-,25?,28?,29-,30?,32-/m1/s1. The second kappa shape index (κ2) is 14.0. The van der Waals surface area contributed by atoms with Gasteiger partial charge in [-0.25, -0.2) is 8.42 Å². The Morgan fingerprint density at radius 3 is 2.51 bits per heavy atom. The van der Waals surface area contributed by atoms with Crippen LogP contribution in [0.15, 0.2) is 59.5 Å². The molecule has 3 aliphatic rings. The number of esters is 1. The smallest absolute Gasteiger partial charge is 0.306 e. The van der Waals surface area contributed by atoms with Crippen molar-refractivity contribution in [1.82, 2.24) is 9.21 Å². The molecule has 236 valence electrons. The fraction of sp³-hybridized carbons (Fsp3) is 0.594. The minimum atomic E-state index is -3.97. The van der Waals surface area contributed by atoms with Gasteiger partial charge >= 0.3 is 5.97 Å². The van der Waals surface area contributed by atoms with Gasteiger partial charge in [-0.3, -0.25) is 9.69 Å². The largest absolute Gasteiger partial charge is 0.497 e. The molecule has 1 N–H and O–H groups in total. The lowest BCUT2D eigenvalue weighted by molar-refractivity contribution is -0.153. The van der Waals surface area contributed by atoms with Gasteiger partial charge in [0.2, 0.25) is 10.0 Å². The fourth-order valence-corrected chi connectivity index (χ4v) is 8.04. The number of carbonyl (C=O) groups excluding carboxylic acids is 1. The Bertz CT molecular complexity index is 1310. The molecule has 3 fully saturated rings. The molecule has 5 rings (SSSR count). The van der Waals surface area contributed by atoms with Gasteiger partial charge in [0.05, 0.1) is 43.7 Å². The van der Waals surface area contributed by atoms with Crippen LogP contribution in [0.4, 0.5) is 0 Å². The molecule has 0 spiro atoms. The summed E-state index contributed by atoms with van der Waals surface area (Å²) in [5, 5.41) is 11.7. The van der Waals surface area contributed by atoms with E-state index < -0.39 is 28.0 Å². The van der Waals surface area contributed by atoms with Gasteiger partial charge in [-0.15, -0.1) is 0 Å². The number of hydrogen-bond acceptors (Lipinski definition) is 9. The lowest BCUT2D eigenvalue weighted by Crippen LogP contribution is -2.48. The third-order valence-corrected chi connectivity index (χ3v) is 10.9. The molecular formula is C32H44N2O8S. The predicted octanol–water partition coefficient (Wildman–Crippen LogP) is 3.08. The van der Waals surface area contributed by atoms with E-state index in [2.05, 4.69) is 18.7 Å². The molecule has 11 heteroatoms. The first-order valence-corrected chi connectivity index (χ1v) is 16.6. The Kier molecular flexibility index (Phi) is 10.4. The van der Waals surface area contributed by atoms with Gasteiger partial charge in [-0.2, -0.15) is 4.31 Å². The Morgan fingerprint density at radius 2 is 1.84 bits per heavy atom. The number of sulfonamides is 1. The Labute approximate surface area is 254 Å². The van der Waals surface area contributed by atoms with E-state index in [0.29, 0.717) is 31.7 Å². The van der Waals surface area contributed by atoms with Crippen LogP contribution in [0, 0.1) is 11.8 Å². The number of benzene rings is 2. The molecule has 10 nitrogen and oxygen atoms in total. The number of likely N-dealkylation sites (tertiary alicyclic amines) is 1. The molecule has 3 saturated heterocycles. The number of methoxy groups -OCH3 is 1. The van der Waals surface area contributed by atoms with Gasteiger partial charge in [0.15, 0.2) is 6.29 Å². The van der Waals surface area contributed by atoms with Gasteiger partial charge in [0.1, 0.15) is 11.9 Å². The second-order valence-corrected chi connectivity index (χ2v) is 13.9. The summed E-state index contributed by atoms with van der Waals surface area (Å²) < 4.78 is 51.9. The fourth-order valence-electron chi connectivity index (χ4n) is 6.37. The monoisotopic (exact) mass is 616 g/mol. The van der Waals surface area contributed by atoms with Crippen molar-refractivity contribution in [3.8, 4) is 5.75 Å². The van der Waals surface area contributed by atoms with E-state index in [0.717, 1.165) is 18.5 Å². The van der Waals surface area contributed by atoms with Crippen molar-refractivity contribution in [2.45, 2.75) is 75.0 Å². The highest BCUT2D eigenvalue weighted by Crippen LogP contribution is 2.34. The molecule has 3 aliphatic heterocycles. The van der Waals surface area contributed by atoms with Crippen molar-refractivity contribution in [1.29, 1.82) is 0 Å². The molecule has 3 unspecified atom stereocenters. The minimum Gasteiger partial charge on any atom is -0.497 e. The number of ether oxygens (including phenoxy) is 4. The molecule has 0 radical (unpaired) electrons. The van der Waals surface area contributed by atoms with Crippen molar-refractivity contribution >= 4 is 16.0 Å². The molecule has 0 aromatic heterocycles. The van der Waals surface area contributed by atoms with Gasteiger partial charge in [-0.1, -0.05) is 30.3 Å². The summed E-state index contributed by atoms with van der Waals surface area (Å²) in [5.74, 6) is -0.429. The molecule has 3 heterocycles. The van der Waals surface area contributed by atoms with Gasteiger partial charge in [0, 0.05) is 37.6 Å². The van der Waals surface area contributed by atoms with E-state index >= 15 is 0 Å². The van der Waals surface area contributed by atoms with E-state index in [4.69, 9.17) is 18.9 Å². The quantitative estimate of drug-likeness (QED) is 0.339. The molecule has 0 amide bonds. The summed E-state index contributed by atoms with van der Waals surface area (Å²) in [4.78, 5) is 15.6. The Morgan fingerprint density at radius 1 is 1.09 bits per heavy atom. The third-order valence-electron chi connectivity index (χ3n) is 8.95. The number of hydrogen-bond donors (Lipinski definition) is 1. The van der Waals surface area contributed by atoms with Gasteiger partial charge in [-0.05, 0) is 62.9 Å². The summed E-state index contributed by atoms with van der Waals surface area (Å²) >= 11 is 0. The van der Waals surface area contributed by atoms with Crippen LogP contribution < -0.4 is 4.74 Å². The maximum atomic E-state index is 14.1. The van der Waals surface area contributed by atoms with Crippen LogP contribution in [0.2, 0.25) is 0 Å². The third kappa shape index (κ3) is 7.58. The Hall–Kier alpha value is -2.54. The first-order valence-electron chi connectivity index (χ1n) is 15.2. The maximum Gasteiger partial charge on any atom is 0.306 e. The van der Waals surface area contributed by atoms with Crippen molar-refractivity contribution < 1.29 is 37.3 Å². The van der Waals surface area contributed by atoms with Crippen LogP contribution in [-0.2, 0) is 35.4 Å². The molecule has 43 heavy (non-hydrogen) atoms. The number of aliphatic hydroxyl groups excluding tert-OH is 1. The molecule has 0 aliphatic carbocycles. The summed E-state index contributed by atoms with van der Waals surface area (Å²) in [5.41, 5.74) is 0.948. The normalized spacial score (nSPS) is 25.6. The summed E-state index contributed by atoms with van der Waals surface area (Å²) in [6, 6.07) is 15.9. The first kappa shape index (κ1) is 31.9. The lowest BCUT2D eigenvalue weighted by Gasteiger charge is -2.33. The molecule has 2 aromatic rings. The van der Waals surface area contributed by atoms with Crippen LogP contribution in [0.1, 0.15) is 38.7 Å². The summed E-state index contributed by atoms with van der Waals surface area (Å²) in [6.07, 6.45) is -0.0735. The van der Waals surface area contributed by atoms with Crippen LogP contribution in [0.3, 0.4) is 0 Å².